The fourth-order valence-corrected chi connectivity index (χ4v) is 3.17. The van der Waals surface area contributed by atoms with Gasteiger partial charge >= 0.3 is 0 Å². The summed E-state index contributed by atoms with van der Waals surface area (Å²) < 4.78 is 12.0. The Kier molecular flexibility index (Phi) is 8.89. The van der Waals surface area contributed by atoms with E-state index < -0.39 is 0 Å². The van der Waals surface area contributed by atoms with Crippen LogP contribution in [0.1, 0.15) is 22.5 Å². The van der Waals surface area contributed by atoms with Crippen molar-refractivity contribution >= 4 is 28.3 Å². The van der Waals surface area contributed by atoms with Crippen LogP contribution in [0.3, 0.4) is 0 Å². The van der Waals surface area contributed by atoms with E-state index >= 15 is 0 Å². The summed E-state index contributed by atoms with van der Waals surface area (Å²) >= 11 is 1.19. The van der Waals surface area contributed by atoms with E-state index in [0.29, 0.717) is 36.3 Å². The van der Waals surface area contributed by atoms with Crippen LogP contribution in [0.5, 0.6) is 0 Å². The smallest absolute Gasteiger partial charge is 0.263 e. The third-order valence-corrected chi connectivity index (χ3v) is 4.75. The molecule has 0 atom stereocenters. The van der Waals surface area contributed by atoms with E-state index in [9.17, 15) is 9.59 Å². The molecule has 148 valence electrons. The molecule has 0 radical (unpaired) electrons. The van der Waals surface area contributed by atoms with E-state index in [-0.39, 0.29) is 18.2 Å². The Balaban J connectivity index is 1.88. The zero-order chi connectivity index (χ0) is 19.5. The van der Waals surface area contributed by atoms with Gasteiger partial charge in [-0.2, -0.15) is 0 Å². The first-order valence-corrected chi connectivity index (χ1v) is 9.45. The van der Waals surface area contributed by atoms with Crippen molar-refractivity contribution in [1.29, 1.82) is 0 Å². The Labute approximate surface area is 162 Å². The predicted molar refractivity (Wildman–Crippen MR) is 102 cm³/mol. The minimum absolute atomic E-state index is 0.115. The average Bonchev–Trinajstić information content (AvgIpc) is 3.36. The van der Waals surface area contributed by atoms with Gasteiger partial charge in [-0.05, 0) is 6.42 Å². The molecule has 0 saturated heterocycles. The third kappa shape index (κ3) is 6.74. The number of ether oxygens (including phenoxy) is 2. The summed E-state index contributed by atoms with van der Waals surface area (Å²) in [6.07, 6.45) is 7.88. The topological polar surface area (TPSA) is 98.6 Å². The van der Waals surface area contributed by atoms with E-state index in [4.69, 9.17) is 9.47 Å². The van der Waals surface area contributed by atoms with Crippen LogP contribution in [0.2, 0.25) is 0 Å². The highest BCUT2D eigenvalue weighted by atomic mass is 32.1. The summed E-state index contributed by atoms with van der Waals surface area (Å²) in [6, 6.07) is 0. The lowest BCUT2D eigenvalue weighted by molar-refractivity contribution is -0.119. The molecular formula is C17H25N5O4S. The SMILES string of the molecule is COCCC(=O)N(CCOC)c1ncc(C(=O)NCCCn2ccnc2)s1. The standard InChI is InChI=1S/C17H25N5O4S/c1-25-10-4-15(23)22(9-11-26-2)17-20-12-14(27-17)16(24)19-5-3-7-21-8-6-18-13-21/h6,8,12-13H,3-5,7,9-11H2,1-2H3,(H,19,24). The summed E-state index contributed by atoms with van der Waals surface area (Å²) in [5, 5.41) is 3.35. The second kappa shape index (κ2) is 11.4. The fraction of sp³-hybridized carbons (Fsp3) is 0.529. The number of carbonyl (C=O) groups excluding carboxylic acids is 2. The van der Waals surface area contributed by atoms with Gasteiger partial charge in [-0.3, -0.25) is 14.5 Å². The maximum absolute atomic E-state index is 12.4. The summed E-state index contributed by atoms with van der Waals surface area (Å²) in [4.78, 5) is 34.9. The van der Waals surface area contributed by atoms with Gasteiger partial charge in [-0.1, -0.05) is 11.3 Å². The molecule has 2 rings (SSSR count). The number of methoxy groups -OCH3 is 2. The zero-order valence-corrected chi connectivity index (χ0v) is 16.4. The summed E-state index contributed by atoms with van der Waals surface area (Å²) in [5.74, 6) is -0.309. The lowest BCUT2D eigenvalue weighted by Crippen LogP contribution is -2.34. The number of carbonyl (C=O) groups is 2. The summed E-state index contributed by atoms with van der Waals surface area (Å²) in [7, 11) is 3.12. The second-order valence-corrected chi connectivity index (χ2v) is 6.71. The van der Waals surface area contributed by atoms with Crippen molar-refractivity contribution in [3.8, 4) is 0 Å². The number of nitrogens with one attached hydrogen (secondary N) is 1. The van der Waals surface area contributed by atoms with Crippen LogP contribution in [-0.2, 0) is 20.8 Å². The van der Waals surface area contributed by atoms with Crippen LogP contribution in [-0.4, -0.2) is 66.9 Å². The highest BCUT2D eigenvalue weighted by molar-refractivity contribution is 7.17. The number of thiazole rings is 1. The van der Waals surface area contributed by atoms with E-state index in [1.165, 1.54) is 22.4 Å². The Hall–Kier alpha value is -2.30. The van der Waals surface area contributed by atoms with Crippen LogP contribution in [0, 0.1) is 0 Å². The molecule has 2 aromatic rings. The van der Waals surface area contributed by atoms with E-state index in [1.807, 2.05) is 10.8 Å². The average molecular weight is 395 g/mol. The molecule has 0 aliphatic heterocycles. The number of imidazole rings is 1. The van der Waals surface area contributed by atoms with Crippen LogP contribution in [0.15, 0.2) is 24.9 Å². The molecule has 27 heavy (non-hydrogen) atoms. The molecule has 0 bridgehead atoms. The van der Waals surface area contributed by atoms with Crippen molar-refractivity contribution in [3.63, 3.8) is 0 Å². The van der Waals surface area contributed by atoms with E-state index in [2.05, 4.69) is 15.3 Å². The number of hydrogen-bond donors (Lipinski definition) is 1. The largest absolute Gasteiger partial charge is 0.384 e. The second-order valence-electron chi connectivity index (χ2n) is 5.70. The monoisotopic (exact) mass is 395 g/mol. The van der Waals surface area contributed by atoms with Gasteiger partial charge < -0.3 is 19.4 Å². The molecule has 1 N–H and O–H groups in total. The molecular weight excluding hydrogens is 370 g/mol. The molecule has 0 aliphatic carbocycles. The molecule has 2 heterocycles. The number of rotatable bonds is 12. The molecule has 0 fully saturated rings. The molecule has 10 heteroatoms. The number of amides is 2. The first-order valence-electron chi connectivity index (χ1n) is 8.63. The molecule has 0 spiro atoms. The first-order chi connectivity index (χ1) is 13.2. The van der Waals surface area contributed by atoms with Gasteiger partial charge in [0.25, 0.3) is 5.91 Å². The van der Waals surface area contributed by atoms with Gasteiger partial charge in [0.05, 0.1) is 38.7 Å². The Bertz CT molecular complexity index is 704. The molecule has 0 aromatic carbocycles. The maximum atomic E-state index is 12.4. The molecule has 0 saturated carbocycles. The van der Waals surface area contributed by atoms with Gasteiger partial charge in [0, 0.05) is 39.7 Å². The van der Waals surface area contributed by atoms with Crippen molar-refractivity contribution in [3.05, 3.63) is 29.8 Å². The number of hydrogen-bond acceptors (Lipinski definition) is 7. The first kappa shape index (κ1) is 21.0. The number of aromatic nitrogens is 3. The Morgan fingerprint density at radius 1 is 1.30 bits per heavy atom. The van der Waals surface area contributed by atoms with Crippen LogP contribution < -0.4 is 10.2 Å². The lowest BCUT2D eigenvalue weighted by atomic mass is 10.4. The predicted octanol–water partition coefficient (Wildman–Crippen LogP) is 1.18. The van der Waals surface area contributed by atoms with Crippen molar-refractivity contribution in [2.75, 3.05) is 45.4 Å². The normalized spacial score (nSPS) is 10.7. The Morgan fingerprint density at radius 3 is 2.81 bits per heavy atom. The van der Waals surface area contributed by atoms with Gasteiger partial charge in [0.15, 0.2) is 5.13 Å². The summed E-state index contributed by atoms with van der Waals surface area (Å²) in [6.45, 7) is 2.42. The Morgan fingerprint density at radius 2 is 2.11 bits per heavy atom. The van der Waals surface area contributed by atoms with Crippen LogP contribution in [0.4, 0.5) is 5.13 Å². The summed E-state index contributed by atoms with van der Waals surface area (Å²) in [5.41, 5.74) is 0. The van der Waals surface area contributed by atoms with Gasteiger partial charge in [-0.15, -0.1) is 0 Å². The van der Waals surface area contributed by atoms with Gasteiger partial charge in [-0.25, -0.2) is 9.97 Å². The van der Waals surface area contributed by atoms with E-state index in [0.717, 1.165) is 13.0 Å². The van der Waals surface area contributed by atoms with Gasteiger partial charge in [0.2, 0.25) is 5.91 Å². The lowest BCUT2D eigenvalue weighted by Gasteiger charge is -2.19. The molecule has 2 aromatic heterocycles. The maximum Gasteiger partial charge on any atom is 0.263 e. The molecule has 0 unspecified atom stereocenters. The van der Waals surface area contributed by atoms with Crippen molar-refractivity contribution < 1.29 is 19.1 Å². The zero-order valence-electron chi connectivity index (χ0n) is 15.6. The quantitative estimate of drug-likeness (QED) is 0.542. The fourth-order valence-electron chi connectivity index (χ4n) is 2.30. The van der Waals surface area contributed by atoms with Gasteiger partial charge in [0.1, 0.15) is 4.88 Å². The van der Waals surface area contributed by atoms with Crippen molar-refractivity contribution in [1.82, 2.24) is 19.9 Å². The highest BCUT2D eigenvalue weighted by Gasteiger charge is 2.20. The number of nitrogens with zero attached hydrogens (tertiary/aromatic N) is 4. The molecule has 2 amide bonds. The number of anilines is 1. The van der Waals surface area contributed by atoms with Crippen LogP contribution >= 0.6 is 11.3 Å². The highest BCUT2D eigenvalue weighted by Crippen LogP contribution is 2.23. The van der Waals surface area contributed by atoms with Crippen molar-refractivity contribution in [2.45, 2.75) is 19.4 Å². The minimum atomic E-state index is -0.194. The third-order valence-electron chi connectivity index (χ3n) is 3.73. The number of aryl methyl sites for hydroxylation is 1. The van der Waals surface area contributed by atoms with E-state index in [1.54, 1.807) is 26.7 Å². The van der Waals surface area contributed by atoms with Crippen LogP contribution in [0.25, 0.3) is 0 Å². The van der Waals surface area contributed by atoms with Crippen molar-refractivity contribution in [2.24, 2.45) is 0 Å². The molecule has 0 aliphatic rings. The molecule has 9 nitrogen and oxygen atoms in total. The minimum Gasteiger partial charge on any atom is -0.384 e.